The van der Waals surface area contributed by atoms with Crippen molar-refractivity contribution in [3.8, 4) is 0 Å². The first-order chi connectivity index (χ1) is 10.6. The lowest BCUT2D eigenvalue weighted by atomic mass is 10.1. The van der Waals surface area contributed by atoms with Gasteiger partial charge < -0.3 is 15.1 Å². The minimum atomic E-state index is -0.203. The second-order valence-corrected chi connectivity index (χ2v) is 5.12. The fourth-order valence-corrected chi connectivity index (χ4v) is 1.86. The molecule has 5 heteroatoms. The van der Waals surface area contributed by atoms with Gasteiger partial charge in [0.1, 0.15) is 5.76 Å². The molecule has 0 aliphatic rings. The minimum absolute atomic E-state index is 0.128. The molecule has 5 nitrogen and oxygen atoms in total. The third-order valence-corrected chi connectivity index (χ3v) is 3.40. The number of carbonyl (C=O) groups is 2. The van der Waals surface area contributed by atoms with Gasteiger partial charge in [-0.1, -0.05) is 6.92 Å². The molecule has 0 radical (unpaired) electrons. The minimum Gasteiger partial charge on any atom is -0.467 e. The second kappa shape index (κ2) is 7.45. The molecule has 2 rings (SSSR count). The molecule has 116 valence electrons. The van der Waals surface area contributed by atoms with E-state index < -0.39 is 0 Å². The van der Waals surface area contributed by atoms with Gasteiger partial charge in [-0.25, -0.2) is 0 Å². The third kappa shape index (κ3) is 4.22. The average Bonchev–Trinajstić information content (AvgIpc) is 3.06. The van der Waals surface area contributed by atoms with Crippen LogP contribution in [0.1, 0.15) is 46.7 Å². The van der Waals surface area contributed by atoms with Crippen molar-refractivity contribution in [3.05, 3.63) is 59.5 Å². The van der Waals surface area contributed by atoms with E-state index in [1.807, 2.05) is 13.8 Å². The van der Waals surface area contributed by atoms with E-state index >= 15 is 0 Å². The van der Waals surface area contributed by atoms with Crippen LogP contribution >= 0.6 is 0 Å². The van der Waals surface area contributed by atoms with E-state index in [1.165, 1.54) is 0 Å². The molecule has 0 aliphatic carbocycles. The molecule has 0 saturated heterocycles. The molecular formula is C17H20N2O3. The largest absolute Gasteiger partial charge is 0.467 e. The quantitative estimate of drug-likeness (QED) is 0.861. The summed E-state index contributed by atoms with van der Waals surface area (Å²) in [6, 6.07) is 10.3. The number of hydrogen-bond donors (Lipinski definition) is 2. The first-order valence-corrected chi connectivity index (χ1v) is 7.31. The summed E-state index contributed by atoms with van der Waals surface area (Å²) in [5, 5.41) is 5.64. The van der Waals surface area contributed by atoms with Gasteiger partial charge in [0.05, 0.1) is 12.8 Å². The highest BCUT2D eigenvalue weighted by molar-refractivity contribution is 5.97. The van der Waals surface area contributed by atoms with E-state index in [4.69, 9.17) is 4.42 Å². The Morgan fingerprint density at radius 3 is 2.27 bits per heavy atom. The highest BCUT2D eigenvalue weighted by Crippen LogP contribution is 2.06. The maximum absolute atomic E-state index is 12.0. The zero-order valence-corrected chi connectivity index (χ0v) is 12.8. The monoisotopic (exact) mass is 300 g/mol. The van der Waals surface area contributed by atoms with Crippen LogP contribution in [0.4, 0.5) is 0 Å². The summed E-state index contributed by atoms with van der Waals surface area (Å²) in [4.78, 5) is 23.9. The van der Waals surface area contributed by atoms with Gasteiger partial charge in [0.25, 0.3) is 11.8 Å². The molecule has 22 heavy (non-hydrogen) atoms. The van der Waals surface area contributed by atoms with Crippen molar-refractivity contribution in [2.75, 3.05) is 0 Å². The standard InChI is InChI=1S/C17H20N2O3/c1-3-12(2)19-17(21)14-8-6-13(7-9-14)16(20)18-11-15-5-4-10-22-15/h4-10,12H,3,11H2,1-2H3,(H,18,20)(H,19,21). The Morgan fingerprint density at radius 1 is 1.09 bits per heavy atom. The van der Waals surface area contributed by atoms with Gasteiger partial charge in [0.2, 0.25) is 0 Å². The number of hydrogen-bond acceptors (Lipinski definition) is 3. The van der Waals surface area contributed by atoms with Crippen LogP contribution in [0.15, 0.2) is 47.1 Å². The average molecular weight is 300 g/mol. The van der Waals surface area contributed by atoms with Crippen LogP contribution in [0.3, 0.4) is 0 Å². The first-order valence-electron chi connectivity index (χ1n) is 7.31. The maximum Gasteiger partial charge on any atom is 0.251 e. The summed E-state index contributed by atoms with van der Waals surface area (Å²) in [7, 11) is 0. The molecule has 0 spiro atoms. The van der Waals surface area contributed by atoms with E-state index in [0.29, 0.717) is 23.4 Å². The molecule has 1 atom stereocenters. The van der Waals surface area contributed by atoms with Gasteiger partial charge in [-0.15, -0.1) is 0 Å². The van der Waals surface area contributed by atoms with Crippen molar-refractivity contribution < 1.29 is 14.0 Å². The molecule has 0 saturated carbocycles. The topological polar surface area (TPSA) is 71.3 Å². The smallest absolute Gasteiger partial charge is 0.251 e. The van der Waals surface area contributed by atoms with Gasteiger partial charge in [0.15, 0.2) is 0 Å². The Bertz CT molecular complexity index is 618. The van der Waals surface area contributed by atoms with Gasteiger partial charge in [-0.05, 0) is 49.7 Å². The lowest BCUT2D eigenvalue weighted by Crippen LogP contribution is -2.32. The molecule has 2 aromatic rings. The fourth-order valence-electron chi connectivity index (χ4n) is 1.86. The lowest BCUT2D eigenvalue weighted by Gasteiger charge is -2.11. The number of furan rings is 1. The van der Waals surface area contributed by atoms with Gasteiger partial charge in [0, 0.05) is 17.2 Å². The SMILES string of the molecule is CCC(C)NC(=O)c1ccc(C(=O)NCc2ccco2)cc1. The van der Waals surface area contributed by atoms with Crippen molar-refractivity contribution in [1.82, 2.24) is 10.6 Å². The molecule has 0 bridgehead atoms. The highest BCUT2D eigenvalue weighted by Gasteiger charge is 2.10. The summed E-state index contributed by atoms with van der Waals surface area (Å²) in [6.45, 7) is 4.30. The number of amides is 2. The lowest BCUT2D eigenvalue weighted by molar-refractivity contribution is 0.0931. The zero-order valence-electron chi connectivity index (χ0n) is 12.8. The van der Waals surface area contributed by atoms with Gasteiger partial charge >= 0.3 is 0 Å². The van der Waals surface area contributed by atoms with Crippen LogP contribution in [-0.2, 0) is 6.54 Å². The number of rotatable bonds is 6. The van der Waals surface area contributed by atoms with Crippen LogP contribution in [0.2, 0.25) is 0 Å². The van der Waals surface area contributed by atoms with Gasteiger partial charge in [-0.2, -0.15) is 0 Å². The van der Waals surface area contributed by atoms with E-state index in [1.54, 1.807) is 42.7 Å². The Balaban J connectivity index is 1.93. The van der Waals surface area contributed by atoms with E-state index in [2.05, 4.69) is 10.6 Å². The summed E-state index contributed by atoms with van der Waals surface area (Å²) >= 11 is 0. The highest BCUT2D eigenvalue weighted by atomic mass is 16.3. The first kappa shape index (κ1) is 15.8. The summed E-state index contributed by atoms with van der Waals surface area (Å²) in [6.07, 6.45) is 2.44. The molecule has 2 amide bonds. The second-order valence-electron chi connectivity index (χ2n) is 5.12. The van der Waals surface area contributed by atoms with E-state index in [-0.39, 0.29) is 17.9 Å². The Kier molecular flexibility index (Phi) is 5.36. The van der Waals surface area contributed by atoms with E-state index in [0.717, 1.165) is 6.42 Å². The summed E-state index contributed by atoms with van der Waals surface area (Å²) in [5.41, 5.74) is 1.05. The van der Waals surface area contributed by atoms with Crippen LogP contribution in [-0.4, -0.2) is 17.9 Å². The normalized spacial score (nSPS) is 11.7. The van der Waals surface area contributed by atoms with Crippen molar-refractivity contribution >= 4 is 11.8 Å². The molecule has 2 N–H and O–H groups in total. The molecule has 1 heterocycles. The van der Waals surface area contributed by atoms with Crippen molar-refractivity contribution in [1.29, 1.82) is 0 Å². The van der Waals surface area contributed by atoms with Crippen LogP contribution in [0.5, 0.6) is 0 Å². The number of benzene rings is 1. The Morgan fingerprint density at radius 2 is 1.73 bits per heavy atom. The van der Waals surface area contributed by atoms with Crippen molar-refractivity contribution in [2.24, 2.45) is 0 Å². The predicted octanol–water partition coefficient (Wildman–Crippen LogP) is 2.74. The molecule has 1 aromatic carbocycles. The molecular weight excluding hydrogens is 280 g/mol. The maximum atomic E-state index is 12.0. The van der Waals surface area contributed by atoms with Crippen molar-refractivity contribution in [2.45, 2.75) is 32.9 Å². The fraction of sp³-hybridized carbons (Fsp3) is 0.294. The number of nitrogens with one attached hydrogen (secondary N) is 2. The molecule has 1 aromatic heterocycles. The Labute approximate surface area is 129 Å². The van der Waals surface area contributed by atoms with Crippen LogP contribution in [0, 0.1) is 0 Å². The zero-order chi connectivity index (χ0) is 15.9. The molecule has 0 fully saturated rings. The molecule has 1 unspecified atom stereocenters. The summed E-state index contributed by atoms with van der Waals surface area (Å²) < 4.78 is 5.15. The Hall–Kier alpha value is -2.56. The predicted molar refractivity (Wildman–Crippen MR) is 83.5 cm³/mol. The van der Waals surface area contributed by atoms with E-state index in [9.17, 15) is 9.59 Å². The van der Waals surface area contributed by atoms with Gasteiger partial charge in [-0.3, -0.25) is 9.59 Å². The summed E-state index contributed by atoms with van der Waals surface area (Å²) in [5.74, 6) is 0.361. The molecule has 0 aliphatic heterocycles. The van der Waals surface area contributed by atoms with Crippen molar-refractivity contribution in [3.63, 3.8) is 0 Å². The van der Waals surface area contributed by atoms with Crippen LogP contribution in [0.25, 0.3) is 0 Å². The number of carbonyl (C=O) groups excluding carboxylic acids is 2. The van der Waals surface area contributed by atoms with Crippen LogP contribution < -0.4 is 10.6 Å². The third-order valence-electron chi connectivity index (χ3n) is 3.40.